The summed E-state index contributed by atoms with van der Waals surface area (Å²) in [5.74, 6) is 2.57. The van der Waals surface area contributed by atoms with E-state index in [1.54, 1.807) is 12.5 Å². The van der Waals surface area contributed by atoms with Crippen LogP contribution < -0.4 is 4.90 Å². The highest BCUT2D eigenvalue weighted by atomic mass is 16.5. The van der Waals surface area contributed by atoms with Crippen molar-refractivity contribution in [2.45, 2.75) is 6.42 Å². The molecule has 0 fully saturated rings. The molecule has 5 aromatic rings. The highest BCUT2D eigenvalue weighted by Gasteiger charge is 2.27. The Hall–Kier alpha value is -4.39. The second kappa shape index (κ2) is 8.19. The lowest BCUT2D eigenvalue weighted by atomic mass is 10.1. The number of pyridine rings is 1. The molecule has 0 bridgehead atoms. The van der Waals surface area contributed by atoms with Crippen molar-refractivity contribution < 1.29 is 13.4 Å². The number of aromatic nitrogens is 2. The summed E-state index contributed by atoms with van der Waals surface area (Å²) in [6, 6.07) is 18.2. The number of furan rings is 2. The van der Waals surface area contributed by atoms with Gasteiger partial charge in [-0.2, -0.15) is 0 Å². The summed E-state index contributed by atoms with van der Waals surface area (Å²) in [6.45, 7) is 0.411. The van der Waals surface area contributed by atoms with Crippen molar-refractivity contribution in [3.05, 3.63) is 84.4 Å². The lowest BCUT2D eigenvalue weighted by Gasteiger charge is -2.22. The number of nitrogens with zero attached hydrogens (tertiary/aromatic N) is 5. The average molecular weight is 451 g/mol. The molecule has 7 nitrogen and oxygen atoms in total. The SMILES string of the molecule is Cn1cc(-c2cccc(N(CN=Cc3coc4occc34)c3ccccc3)n2)c2c1[N+](C)=CC2. The number of benzene rings is 1. The fraction of sp³-hybridized carbons (Fsp3) is 0.148. The minimum Gasteiger partial charge on any atom is -0.433 e. The maximum Gasteiger partial charge on any atom is 0.297 e. The topological polar surface area (TPSA) is 62.7 Å². The Morgan fingerprint density at radius 2 is 2.00 bits per heavy atom. The summed E-state index contributed by atoms with van der Waals surface area (Å²) in [6.07, 6.45) is 10.4. The quantitative estimate of drug-likeness (QED) is 0.252. The van der Waals surface area contributed by atoms with Gasteiger partial charge < -0.3 is 13.7 Å². The zero-order chi connectivity index (χ0) is 23.1. The minimum absolute atomic E-state index is 0.411. The maximum atomic E-state index is 5.43. The number of aryl methyl sites for hydroxylation is 1. The van der Waals surface area contributed by atoms with Crippen LogP contribution in [0.2, 0.25) is 0 Å². The highest BCUT2D eigenvalue weighted by molar-refractivity contribution is 5.96. The third-order valence-corrected chi connectivity index (χ3v) is 6.20. The first-order chi connectivity index (χ1) is 16.7. The molecule has 1 aliphatic rings. The predicted octanol–water partition coefficient (Wildman–Crippen LogP) is 5.54. The van der Waals surface area contributed by atoms with Gasteiger partial charge in [-0.05, 0) is 30.3 Å². The van der Waals surface area contributed by atoms with Gasteiger partial charge in [-0.25, -0.2) is 14.1 Å². The Kier molecular flexibility index (Phi) is 4.87. The summed E-state index contributed by atoms with van der Waals surface area (Å²) in [4.78, 5) is 11.9. The first-order valence-corrected chi connectivity index (χ1v) is 11.2. The van der Waals surface area contributed by atoms with E-state index in [9.17, 15) is 0 Å². The van der Waals surface area contributed by atoms with Crippen LogP contribution >= 0.6 is 0 Å². The van der Waals surface area contributed by atoms with Crippen molar-refractivity contribution in [1.29, 1.82) is 0 Å². The van der Waals surface area contributed by atoms with Crippen LogP contribution in [0.5, 0.6) is 0 Å². The average Bonchev–Trinajstić information content (AvgIpc) is 3.63. The van der Waals surface area contributed by atoms with Gasteiger partial charge in [0.05, 0.1) is 48.8 Å². The molecule has 4 aromatic heterocycles. The van der Waals surface area contributed by atoms with Gasteiger partial charge in [-0.15, -0.1) is 0 Å². The van der Waals surface area contributed by atoms with E-state index in [1.165, 1.54) is 11.4 Å². The van der Waals surface area contributed by atoms with Crippen LogP contribution in [0.3, 0.4) is 0 Å². The molecule has 6 rings (SSSR count). The molecule has 0 saturated carbocycles. The van der Waals surface area contributed by atoms with Crippen LogP contribution in [0.25, 0.3) is 22.4 Å². The lowest BCUT2D eigenvalue weighted by molar-refractivity contribution is -0.403. The Morgan fingerprint density at radius 1 is 1.12 bits per heavy atom. The molecule has 1 aliphatic heterocycles. The molecule has 168 valence electrons. The smallest absolute Gasteiger partial charge is 0.297 e. The van der Waals surface area contributed by atoms with Crippen molar-refractivity contribution in [3.8, 4) is 11.3 Å². The van der Waals surface area contributed by atoms with E-state index in [1.807, 2.05) is 36.5 Å². The molecule has 0 aliphatic carbocycles. The van der Waals surface area contributed by atoms with Gasteiger partial charge in [-0.3, -0.25) is 4.99 Å². The van der Waals surface area contributed by atoms with Crippen LogP contribution in [0.15, 0.2) is 87.1 Å². The van der Waals surface area contributed by atoms with E-state index in [0.29, 0.717) is 12.4 Å². The van der Waals surface area contributed by atoms with Crippen molar-refractivity contribution in [2.75, 3.05) is 18.6 Å². The second-order valence-electron chi connectivity index (χ2n) is 8.36. The normalized spacial score (nSPS) is 13.1. The van der Waals surface area contributed by atoms with Crippen LogP contribution in [0.4, 0.5) is 17.3 Å². The minimum atomic E-state index is 0.411. The van der Waals surface area contributed by atoms with E-state index >= 15 is 0 Å². The largest absolute Gasteiger partial charge is 0.433 e. The van der Waals surface area contributed by atoms with Gasteiger partial charge in [0.2, 0.25) is 0 Å². The summed E-state index contributed by atoms with van der Waals surface area (Å²) in [5.41, 5.74) is 5.34. The Labute approximate surface area is 196 Å². The molecule has 0 saturated heterocycles. The Morgan fingerprint density at radius 3 is 2.88 bits per heavy atom. The van der Waals surface area contributed by atoms with E-state index in [4.69, 9.17) is 18.8 Å². The number of anilines is 2. The highest BCUT2D eigenvalue weighted by Crippen LogP contribution is 2.35. The van der Waals surface area contributed by atoms with E-state index in [0.717, 1.165) is 40.1 Å². The molecule has 0 unspecified atom stereocenters. The summed E-state index contributed by atoms with van der Waals surface area (Å²) in [5, 5.41) is 0.912. The lowest BCUT2D eigenvalue weighted by Crippen LogP contribution is -2.18. The maximum absolute atomic E-state index is 5.43. The molecule has 7 heteroatoms. The van der Waals surface area contributed by atoms with Crippen LogP contribution in [-0.4, -0.2) is 40.3 Å². The third kappa shape index (κ3) is 3.42. The first kappa shape index (κ1) is 20.2. The fourth-order valence-electron chi connectivity index (χ4n) is 4.58. The molecular weight excluding hydrogens is 426 g/mol. The zero-order valence-corrected chi connectivity index (χ0v) is 19.0. The summed E-state index contributed by atoms with van der Waals surface area (Å²) >= 11 is 0. The first-order valence-electron chi connectivity index (χ1n) is 11.2. The predicted molar refractivity (Wildman–Crippen MR) is 134 cm³/mol. The summed E-state index contributed by atoms with van der Waals surface area (Å²) in [7, 11) is 4.17. The third-order valence-electron chi connectivity index (χ3n) is 6.20. The van der Waals surface area contributed by atoms with E-state index in [2.05, 4.69) is 64.8 Å². The fourth-order valence-corrected chi connectivity index (χ4v) is 4.58. The van der Waals surface area contributed by atoms with Gasteiger partial charge in [0.1, 0.15) is 24.9 Å². The van der Waals surface area contributed by atoms with Crippen molar-refractivity contribution in [3.63, 3.8) is 0 Å². The van der Waals surface area contributed by atoms with Gasteiger partial charge in [-0.1, -0.05) is 24.3 Å². The second-order valence-corrected chi connectivity index (χ2v) is 8.36. The zero-order valence-electron chi connectivity index (χ0n) is 19.0. The molecule has 0 N–H and O–H groups in total. The number of hydrogen-bond acceptors (Lipinski definition) is 5. The molecule has 34 heavy (non-hydrogen) atoms. The van der Waals surface area contributed by atoms with Crippen LogP contribution in [0.1, 0.15) is 11.1 Å². The number of para-hydroxylation sites is 1. The van der Waals surface area contributed by atoms with Gasteiger partial charge in [0.15, 0.2) is 0 Å². The molecule has 0 atom stereocenters. The molecule has 5 heterocycles. The number of hydrogen-bond donors (Lipinski definition) is 0. The number of fused-ring (bicyclic) bond motifs is 2. The monoisotopic (exact) mass is 450 g/mol. The van der Waals surface area contributed by atoms with E-state index < -0.39 is 0 Å². The molecule has 0 radical (unpaired) electrons. The number of aliphatic imine (C=N–C) groups is 1. The Bertz CT molecular complexity index is 1540. The standard InChI is InChI=1S/C27H24N5O2/c1-30-13-11-22-23(16-31(2)26(22)30)24-9-6-10-25(29-24)32(20-7-4-3-5-8-20)18-28-15-19-17-34-27-21(19)12-14-33-27/h3-10,12-17H,11,18H2,1-2H3/q+1. The number of rotatable bonds is 6. The van der Waals surface area contributed by atoms with Crippen molar-refractivity contribution in [2.24, 2.45) is 12.0 Å². The van der Waals surface area contributed by atoms with Crippen LogP contribution in [0, 0.1) is 0 Å². The molecule has 0 spiro atoms. The molecule has 1 aromatic carbocycles. The van der Waals surface area contributed by atoms with Crippen molar-refractivity contribution in [1.82, 2.24) is 9.55 Å². The Balaban J connectivity index is 1.35. The van der Waals surface area contributed by atoms with Gasteiger partial charge in [0, 0.05) is 23.9 Å². The van der Waals surface area contributed by atoms with Gasteiger partial charge >= 0.3 is 0 Å². The molecule has 0 amide bonds. The van der Waals surface area contributed by atoms with Gasteiger partial charge in [0.25, 0.3) is 11.6 Å². The van der Waals surface area contributed by atoms with E-state index in [-0.39, 0.29) is 0 Å². The molecular formula is C27H24N5O2+. The summed E-state index contributed by atoms with van der Waals surface area (Å²) < 4.78 is 15.1. The van der Waals surface area contributed by atoms with Crippen LogP contribution in [-0.2, 0) is 13.5 Å². The van der Waals surface area contributed by atoms with Crippen molar-refractivity contribution >= 4 is 40.9 Å².